The van der Waals surface area contributed by atoms with Crippen LogP contribution in [0.15, 0.2) is 18.2 Å². The molecular weight excluding hydrogens is 256 g/mol. The lowest BCUT2D eigenvalue weighted by Gasteiger charge is -2.20. The largest absolute Gasteiger partial charge is 0.462 e. The monoisotopic (exact) mass is 280 g/mol. The minimum absolute atomic E-state index is 0.171. The molecule has 112 valence electrons. The first-order valence-electron chi connectivity index (χ1n) is 6.94. The van der Waals surface area contributed by atoms with Crippen molar-refractivity contribution in [1.82, 2.24) is 0 Å². The normalized spacial score (nSPS) is 11.9. The highest BCUT2D eigenvalue weighted by atomic mass is 16.5. The molecule has 0 bridgehead atoms. The lowest BCUT2D eigenvalue weighted by atomic mass is 10.1. The van der Waals surface area contributed by atoms with Gasteiger partial charge >= 0.3 is 5.97 Å². The number of methoxy groups -OCH3 is 1. The Hall–Kier alpha value is -1.75. The molecule has 1 rings (SSSR count). The zero-order chi connectivity index (χ0) is 15.0. The lowest BCUT2D eigenvalue weighted by molar-refractivity contribution is 0.0526. The molecule has 0 fully saturated rings. The van der Waals surface area contributed by atoms with Crippen molar-refractivity contribution in [1.29, 1.82) is 0 Å². The van der Waals surface area contributed by atoms with Crippen molar-refractivity contribution < 1.29 is 14.3 Å². The predicted molar refractivity (Wildman–Crippen MR) is 81.0 cm³/mol. The van der Waals surface area contributed by atoms with Crippen molar-refractivity contribution in [2.24, 2.45) is 0 Å². The van der Waals surface area contributed by atoms with E-state index < -0.39 is 0 Å². The van der Waals surface area contributed by atoms with Gasteiger partial charge in [0, 0.05) is 13.2 Å². The number of nitrogen functional groups attached to an aromatic ring is 1. The first-order chi connectivity index (χ1) is 9.62. The second-order valence-electron chi connectivity index (χ2n) is 4.61. The van der Waals surface area contributed by atoms with Crippen LogP contribution in [-0.2, 0) is 9.47 Å². The third-order valence-corrected chi connectivity index (χ3v) is 2.93. The molecule has 1 unspecified atom stereocenters. The van der Waals surface area contributed by atoms with E-state index in [1.54, 1.807) is 32.2 Å². The van der Waals surface area contributed by atoms with Crippen LogP contribution in [-0.4, -0.2) is 32.3 Å². The summed E-state index contributed by atoms with van der Waals surface area (Å²) < 4.78 is 10.2. The van der Waals surface area contributed by atoms with Gasteiger partial charge in [-0.15, -0.1) is 0 Å². The number of carbonyl (C=O) groups excluding carboxylic acids is 1. The van der Waals surface area contributed by atoms with Gasteiger partial charge in [-0.25, -0.2) is 4.79 Å². The number of carbonyl (C=O) groups is 1. The predicted octanol–water partition coefficient (Wildman–Crippen LogP) is 2.67. The molecule has 1 atom stereocenters. The van der Waals surface area contributed by atoms with Gasteiger partial charge in [0.1, 0.15) is 0 Å². The number of benzene rings is 1. The standard InChI is InChI=1S/C15H24N2O3/c1-4-6-12(10-19-3)17-14-9-11(7-8-13(14)16)15(18)20-5-2/h7-9,12,17H,4-6,10,16H2,1-3H3. The van der Waals surface area contributed by atoms with Gasteiger partial charge in [0.2, 0.25) is 0 Å². The molecule has 0 aromatic heterocycles. The Morgan fingerprint density at radius 1 is 1.40 bits per heavy atom. The molecule has 5 nitrogen and oxygen atoms in total. The highest BCUT2D eigenvalue weighted by Crippen LogP contribution is 2.22. The van der Waals surface area contributed by atoms with Crippen LogP contribution < -0.4 is 11.1 Å². The minimum Gasteiger partial charge on any atom is -0.462 e. The fourth-order valence-corrected chi connectivity index (χ4v) is 1.99. The fourth-order valence-electron chi connectivity index (χ4n) is 1.99. The molecule has 0 spiro atoms. The first kappa shape index (κ1) is 16.3. The molecule has 0 aliphatic carbocycles. The SMILES string of the molecule is CCCC(COC)Nc1cc(C(=O)OCC)ccc1N. The van der Waals surface area contributed by atoms with E-state index in [9.17, 15) is 4.79 Å². The quantitative estimate of drug-likeness (QED) is 0.565. The molecule has 0 saturated heterocycles. The van der Waals surface area contributed by atoms with Gasteiger partial charge < -0.3 is 20.5 Å². The molecule has 5 heteroatoms. The van der Waals surface area contributed by atoms with E-state index in [1.807, 2.05) is 0 Å². The summed E-state index contributed by atoms with van der Waals surface area (Å²) >= 11 is 0. The lowest BCUT2D eigenvalue weighted by Crippen LogP contribution is -2.25. The molecular formula is C15H24N2O3. The number of nitrogens with one attached hydrogen (secondary N) is 1. The first-order valence-corrected chi connectivity index (χ1v) is 6.94. The van der Waals surface area contributed by atoms with E-state index in [1.165, 1.54) is 0 Å². The smallest absolute Gasteiger partial charge is 0.338 e. The summed E-state index contributed by atoms with van der Waals surface area (Å²) in [6, 6.07) is 5.28. The van der Waals surface area contributed by atoms with Gasteiger partial charge in [-0.3, -0.25) is 0 Å². The molecule has 0 aliphatic heterocycles. The molecule has 0 saturated carbocycles. The Bertz CT molecular complexity index is 429. The maximum atomic E-state index is 11.7. The molecule has 0 radical (unpaired) electrons. The summed E-state index contributed by atoms with van der Waals surface area (Å²) in [5.41, 5.74) is 7.79. The second kappa shape index (κ2) is 8.43. The van der Waals surface area contributed by atoms with Gasteiger partial charge in [0.15, 0.2) is 0 Å². The Balaban J connectivity index is 2.86. The van der Waals surface area contributed by atoms with E-state index in [0.717, 1.165) is 18.5 Å². The van der Waals surface area contributed by atoms with Crippen molar-refractivity contribution in [3.8, 4) is 0 Å². The number of hydrogen-bond donors (Lipinski definition) is 2. The summed E-state index contributed by atoms with van der Waals surface area (Å²) in [6.07, 6.45) is 2.01. The maximum absolute atomic E-state index is 11.7. The number of rotatable bonds is 8. The van der Waals surface area contributed by atoms with Crippen LogP contribution >= 0.6 is 0 Å². The summed E-state index contributed by atoms with van der Waals surface area (Å²) in [5.74, 6) is -0.339. The van der Waals surface area contributed by atoms with Crippen molar-refractivity contribution in [3.05, 3.63) is 23.8 Å². The zero-order valence-corrected chi connectivity index (χ0v) is 12.4. The van der Waals surface area contributed by atoms with E-state index in [0.29, 0.717) is 24.5 Å². The van der Waals surface area contributed by atoms with Crippen LogP contribution in [0.25, 0.3) is 0 Å². The van der Waals surface area contributed by atoms with Crippen LogP contribution in [0.5, 0.6) is 0 Å². The van der Waals surface area contributed by atoms with Crippen LogP contribution in [0, 0.1) is 0 Å². The van der Waals surface area contributed by atoms with Crippen LogP contribution in [0.3, 0.4) is 0 Å². The molecule has 0 amide bonds. The number of ether oxygens (including phenoxy) is 2. The average Bonchev–Trinajstić information content (AvgIpc) is 2.42. The Kier molecular flexibility index (Phi) is 6.87. The van der Waals surface area contributed by atoms with E-state index >= 15 is 0 Å². The molecule has 0 aliphatic rings. The molecule has 0 heterocycles. The summed E-state index contributed by atoms with van der Waals surface area (Å²) in [6.45, 7) is 4.85. The highest BCUT2D eigenvalue weighted by Gasteiger charge is 2.12. The Morgan fingerprint density at radius 2 is 2.15 bits per heavy atom. The molecule has 1 aromatic rings. The zero-order valence-electron chi connectivity index (χ0n) is 12.4. The summed E-state index contributed by atoms with van der Waals surface area (Å²) in [7, 11) is 1.67. The number of anilines is 2. The Morgan fingerprint density at radius 3 is 2.75 bits per heavy atom. The van der Waals surface area contributed by atoms with Crippen molar-refractivity contribution >= 4 is 17.3 Å². The summed E-state index contributed by atoms with van der Waals surface area (Å²) in [4.78, 5) is 11.7. The van der Waals surface area contributed by atoms with Crippen molar-refractivity contribution in [2.75, 3.05) is 31.4 Å². The fraction of sp³-hybridized carbons (Fsp3) is 0.533. The third kappa shape index (κ3) is 4.74. The van der Waals surface area contributed by atoms with Crippen LogP contribution in [0.1, 0.15) is 37.0 Å². The van der Waals surface area contributed by atoms with Crippen molar-refractivity contribution in [2.45, 2.75) is 32.7 Å². The van der Waals surface area contributed by atoms with E-state index in [-0.39, 0.29) is 12.0 Å². The van der Waals surface area contributed by atoms with E-state index in [2.05, 4.69) is 12.2 Å². The highest BCUT2D eigenvalue weighted by molar-refractivity contribution is 5.92. The molecule has 20 heavy (non-hydrogen) atoms. The van der Waals surface area contributed by atoms with Crippen LogP contribution in [0.2, 0.25) is 0 Å². The number of esters is 1. The van der Waals surface area contributed by atoms with Gasteiger partial charge in [0.25, 0.3) is 0 Å². The third-order valence-electron chi connectivity index (χ3n) is 2.93. The maximum Gasteiger partial charge on any atom is 0.338 e. The summed E-state index contributed by atoms with van der Waals surface area (Å²) in [5, 5.41) is 3.33. The number of nitrogens with two attached hydrogens (primary N) is 1. The minimum atomic E-state index is -0.339. The van der Waals surface area contributed by atoms with Gasteiger partial charge in [0.05, 0.1) is 30.2 Å². The number of hydrogen-bond acceptors (Lipinski definition) is 5. The Labute approximate surface area is 120 Å². The van der Waals surface area contributed by atoms with Gasteiger partial charge in [-0.05, 0) is 31.5 Å². The van der Waals surface area contributed by atoms with Gasteiger partial charge in [-0.2, -0.15) is 0 Å². The average molecular weight is 280 g/mol. The topological polar surface area (TPSA) is 73.6 Å². The van der Waals surface area contributed by atoms with Gasteiger partial charge in [-0.1, -0.05) is 13.3 Å². The molecule has 1 aromatic carbocycles. The van der Waals surface area contributed by atoms with Crippen LogP contribution in [0.4, 0.5) is 11.4 Å². The van der Waals surface area contributed by atoms with Crippen molar-refractivity contribution in [3.63, 3.8) is 0 Å². The molecule has 3 N–H and O–H groups in total. The van der Waals surface area contributed by atoms with E-state index in [4.69, 9.17) is 15.2 Å². The second-order valence-corrected chi connectivity index (χ2v) is 4.61.